The lowest BCUT2D eigenvalue weighted by molar-refractivity contribution is 0.104. The lowest BCUT2D eigenvalue weighted by Crippen LogP contribution is -2.03. The maximum Gasteiger partial charge on any atom is 0.205 e. The first kappa shape index (κ1) is 18.5. The van der Waals surface area contributed by atoms with Crippen molar-refractivity contribution in [3.63, 3.8) is 0 Å². The number of carbonyl (C=O) groups excluding carboxylic acids is 1. The van der Waals surface area contributed by atoms with Crippen LogP contribution in [0.4, 0.5) is 11.4 Å². The second-order valence-corrected chi connectivity index (χ2v) is 8.26. The molecule has 0 spiro atoms. The van der Waals surface area contributed by atoms with Crippen molar-refractivity contribution >= 4 is 44.3 Å². The van der Waals surface area contributed by atoms with Crippen LogP contribution in [0, 0.1) is 5.41 Å². The van der Waals surface area contributed by atoms with E-state index in [1.54, 1.807) is 43.8 Å². The van der Waals surface area contributed by atoms with Gasteiger partial charge in [0.25, 0.3) is 0 Å². The van der Waals surface area contributed by atoms with Crippen molar-refractivity contribution in [1.82, 2.24) is 4.98 Å². The summed E-state index contributed by atoms with van der Waals surface area (Å²) in [5.41, 5.74) is 5.22. The lowest BCUT2D eigenvalue weighted by Gasteiger charge is -2.10. The molecule has 1 aliphatic rings. The predicted octanol–water partition coefficient (Wildman–Crippen LogP) is 5.59. The summed E-state index contributed by atoms with van der Waals surface area (Å²) < 4.78 is 6.16. The number of nitrogens with zero attached hydrogens (tertiary/aromatic N) is 1. The van der Waals surface area contributed by atoms with Crippen LogP contribution < -0.4 is 10.1 Å². The van der Waals surface area contributed by atoms with Crippen molar-refractivity contribution in [3.8, 4) is 5.75 Å². The molecule has 0 fully saturated rings. The topological polar surface area (TPSA) is 75.1 Å². The molecule has 0 saturated heterocycles. The Hall–Kier alpha value is -3.51. The number of benzene rings is 2. The fourth-order valence-corrected chi connectivity index (χ4v) is 4.91. The van der Waals surface area contributed by atoms with Gasteiger partial charge in [-0.15, -0.1) is 11.3 Å². The molecule has 0 saturated carbocycles. The normalized spacial score (nSPS) is 12.8. The molecule has 5 nitrogen and oxygen atoms in total. The summed E-state index contributed by atoms with van der Waals surface area (Å²) in [5, 5.41) is 12.5. The van der Waals surface area contributed by atoms with Gasteiger partial charge in [0.15, 0.2) is 0 Å². The Morgan fingerprint density at radius 2 is 1.97 bits per heavy atom. The summed E-state index contributed by atoms with van der Waals surface area (Å²) in [5.74, 6) is 0.679. The van der Waals surface area contributed by atoms with E-state index in [-0.39, 0.29) is 5.78 Å². The Morgan fingerprint density at radius 1 is 1.13 bits per heavy atom. The fourth-order valence-electron chi connectivity index (χ4n) is 3.82. The number of rotatable bonds is 5. The van der Waals surface area contributed by atoms with Crippen LogP contribution in [0.25, 0.3) is 10.1 Å². The van der Waals surface area contributed by atoms with Crippen LogP contribution in [0.5, 0.6) is 5.75 Å². The van der Waals surface area contributed by atoms with Crippen LogP contribution in [0.2, 0.25) is 0 Å². The Kier molecular flexibility index (Phi) is 4.56. The van der Waals surface area contributed by atoms with Crippen LogP contribution >= 0.6 is 11.3 Å². The Morgan fingerprint density at radius 3 is 2.77 bits per heavy atom. The van der Waals surface area contributed by atoms with Gasteiger partial charge in [-0.3, -0.25) is 9.78 Å². The number of hydrogen-bond donors (Lipinski definition) is 2. The van der Waals surface area contributed by atoms with E-state index in [9.17, 15) is 4.79 Å². The smallest absolute Gasteiger partial charge is 0.205 e. The minimum Gasteiger partial charge on any atom is -0.497 e. The summed E-state index contributed by atoms with van der Waals surface area (Å²) in [6, 6.07) is 15.2. The van der Waals surface area contributed by atoms with Crippen molar-refractivity contribution in [2.75, 3.05) is 12.4 Å². The number of fused-ring (bicyclic) bond motifs is 2. The van der Waals surface area contributed by atoms with Crippen LogP contribution in [0.3, 0.4) is 0 Å². The van der Waals surface area contributed by atoms with Crippen molar-refractivity contribution < 1.29 is 9.53 Å². The molecule has 2 aromatic carbocycles. The van der Waals surface area contributed by atoms with E-state index in [1.807, 2.05) is 18.2 Å². The molecule has 0 atom stereocenters. The van der Waals surface area contributed by atoms with Gasteiger partial charge in [-0.05, 0) is 66.4 Å². The van der Waals surface area contributed by atoms with Crippen molar-refractivity contribution in [3.05, 3.63) is 82.5 Å². The van der Waals surface area contributed by atoms with Gasteiger partial charge in [-0.1, -0.05) is 6.07 Å². The predicted molar refractivity (Wildman–Crippen MR) is 121 cm³/mol. The highest BCUT2D eigenvalue weighted by atomic mass is 32.1. The molecule has 0 unspecified atom stereocenters. The van der Waals surface area contributed by atoms with E-state index in [2.05, 4.69) is 16.4 Å². The molecule has 0 radical (unpaired) electrons. The molecule has 30 heavy (non-hydrogen) atoms. The van der Waals surface area contributed by atoms with E-state index in [1.165, 1.54) is 16.9 Å². The number of carbonyl (C=O) groups is 1. The minimum absolute atomic E-state index is 0.0377. The Balaban J connectivity index is 1.57. The molecule has 0 bridgehead atoms. The van der Waals surface area contributed by atoms with Gasteiger partial charge in [0, 0.05) is 34.7 Å². The zero-order chi connectivity index (χ0) is 20.7. The molecule has 2 aromatic heterocycles. The fraction of sp³-hybridized carbons (Fsp3) is 0.125. The van der Waals surface area contributed by atoms with Gasteiger partial charge in [-0.2, -0.15) is 0 Å². The van der Waals surface area contributed by atoms with E-state index in [0.717, 1.165) is 39.9 Å². The number of methoxy groups -OCH3 is 1. The van der Waals surface area contributed by atoms with Gasteiger partial charge in [0.2, 0.25) is 5.78 Å². The third kappa shape index (κ3) is 3.15. The van der Waals surface area contributed by atoms with Crippen LogP contribution in [0.1, 0.15) is 32.8 Å². The summed E-state index contributed by atoms with van der Waals surface area (Å²) in [6.07, 6.45) is 5.20. The third-order valence-electron chi connectivity index (χ3n) is 5.40. The first-order valence-corrected chi connectivity index (χ1v) is 10.5. The molecule has 2 N–H and O–H groups in total. The minimum atomic E-state index is -0.0377. The van der Waals surface area contributed by atoms with Gasteiger partial charge in [-0.25, -0.2) is 0 Å². The summed E-state index contributed by atoms with van der Waals surface area (Å²) >= 11 is 1.44. The number of pyridine rings is 1. The monoisotopic (exact) mass is 413 g/mol. The van der Waals surface area contributed by atoms with E-state index >= 15 is 0 Å². The molecule has 6 heteroatoms. The second kappa shape index (κ2) is 7.39. The summed E-state index contributed by atoms with van der Waals surface area (Å²) in [7, 11) is 1.61. The largest absolute Gasteiger partial charge is 0.497 e. The standard InChI is InChI=1S/C24H19N3O2S/c1-29-17-6-2-14(3-7-17)23(28)24-22(19-10-11-26-13-21(19)30-24)27-16-5-8-18-15(12-16)4-9-20(18)25/h2-3,5-8,10-13,25,27H,4,9H2,1H3. The van der Waals surface area contributed by atoms with E-state index < -0.39 is 0 Å². The van der Waals surface area contributed by atoms with Gasteiger partial charge >= 0.3 is 0 Å². The van der Waals surface area contributed by atoms with Crippen LogP contribution in [0.15, 0.2) is 60.9 Å². The molecule has 0 amide bonds. The molecule has 5 rings (SSSR count). The molecular formula is C24H19N3O2S. The molecular weight excluding hydrogens is 394 g/mol. The first-order valence-electron chi connectivity index (χ1n) is 9.67. The van der Waals surface area contributed by atoms with Crippen molar-refractivity contribution in [1.29, 1.82) is 5.41 Å². The highest BCUT2D eigenvalue weighted by Crippen LogP contribution is 2.39. The van der Waals surface area contributed by atoms with Crippen molar-refractivity contribution in [2.45, 2.75) is 12.8 Å². The number of hydrogen-bond acceptors (Lipinski definition) is 6. The number of ketones is 1. The van der Waals surface area contributed by atoms with Gasteiger partial charge in [0.05, 0.1) is 22.4 Å². The molecule has 1 aliphatic carbocycles. The quantitative estimate of drug-likeness (QED) is 0.418. The average molecular weight is 414 g/mol. The van der Waals surface area contributed by atoms with Crippen LogP contribution in [-0.4, -0.2) is 23.6 Å². The summed E-state index contributed by atoms with van der Waals surface area (Å²) in [6.45, 7) is 0. The highest BCUT2D eigenvalue weighted by molar-refractivity contribution is 7.21. The number of aryl methyl sites for hydroxylation is 1. The van der Waals surface area contributed by atoms with E-state index in [4.69, 9.17) is 10.1 Å². The van der Waals surface area contributed by atoms with Gasteiger partial charge in [0.1, 0.15) is 5.75 Å². The first-order chi connectivity index (χ1) is 14.6. The number of nitrogens with one attached hydrogen (secondary N) is 2. The molecule has 4 aromatic rings. The number of anilines is 2. The average Bonchev–Trinajstić information content (AvgIpc) is 3.34. The Labute approximate surface area is 177 Å². The molecule has 0 aliphatic heterocycles. The zero-order valence-corrected chi connectivity index (χ0v) is 17.2. The second-order valence-electron chi connectivity index (χ2n) is 7.21. The number of thiophene rings is 1. The van der Waals surface area contributed by atoms with E-state index in [0.29, 0.717) is 21.9 Å². The molecule has 148 valence electrons. The highest BCUT2D eigenvalue weighted by Gasteiger charge is 2.21. The SMILES string of the molecule is COc1ccc(C(=O)c2sc3cnccc3c2Nc2ccc3c(c2)CCC3=N)cc1. The molecule has 2 heterocycles. The Bertz CT molecular complexity index is 1290. The zero-order valence-electron chi connectivity index (χ0n) is 16.4. The summed E-state index contributed by atoms with van der Waals surface area (Å²) in [4.78, 5) is 18.2. The van der Waals surface area contributed by atoms with Crippen molar-refractivity contribution in [2.24, 2.45) is 0 Å². The van der Waals surface area contributed by atoms with Gasteiger partial charge < -0.3 is 15.5 Å². The maximum absolute atomic E-state index is 13.3. The number of aromatic nitrogens is 1. The van der Waals surface area contributed by atoms with Crippen LogP contribution in [-0.2, 0) is 6.42 Å². The number of ether oxygens (including phenoxy) is 1. The maximum atomic E-state index is 13.3. The lowest BCUT2D eigenvalue weighted by atomic mass is 10.1. The third-order valence-corrected chi connectivity index (χ3v) is 6.53.